The molecule has 0 spiro atoms. The van der Waals surface area contributed by atoms with Gasteiger partial charge in [0.2, 0.25) is 11.0 Å². The van der Waals surface area contributed by atoms with Crippen LogP contribution in [0.4, 0.5) is 9.52 Å². The molecule has 1 amide bonds. The number of carbonyl (C=O) groups excluding carboxylic acids is 1. The molecule has 6 nitrogen and oxygen atoms in total. The first kappa shape index (κ1) is 20.1. The number of anilines is 1. The predicted molar refractivity (Wildman–Crippen MR) is 109 cm³/mol. The van der Waals surface area contributed by atoms with Crippen LogP contribution in [-0.4, -0.2) is 29.0 Å². The maximum Gasteiger partial charge on any atom is 0.230 e. The summed E-state index contributed by atoms with van der Waals surface area (Å²) in [7, 11) is 1.61. The van der Waals surface area contributed by atoms with E-state index in [9.17, 15) is 9.18 Å². The van der Waals surface area contributed by atoms with Crippen molar-refractivity contribution in [1.82, 2.24) is 15.5 Å². The molecule has 0 saturated carbocycles. The normalized spacial score (nSPS) is 10.5. The van der Waals surface area contributed by atoms with E-state index >= 15 is 0 Å². The lowest BCUT2D eigenvalue weighted by molar-refractivity contribution is -0.118. The lowest BCUT2D eigenvalue weighted by Gasteiger charge is -2.06. The Labute approximate surface area is 170 Å². The summed E-state index contributed by atoms with van der Waals surface area (Å²) in [5, 5.41) is 14.8. The third kappa shape index (κ3) is 6.21. The number of thioether (sulfide) groups is 1. The third-order valence-electron chi connectivity index (χ3n) is 3.71. The Hall–Kier alpha value is -2.65. The fraction of sp³-hybridized carbons (Fsp3) is 0.211. The van der Waals surface area contributed by atoms with E-state index in [1.165, 1.54) is 35.2 Å². The highest BCUT2D eigenvalue weighted by Crippen LogP contribution is 2.25. The van der Waals surface area contributed by atoms with Gasteiger partial charge in [0, 0.05) is 13.1 Å². The minimum absolute atomic E-state index is 0.0798. The van der Waals surface area contributed by atoms with E-state index in [1.54, 1.807) is 19.2 Å². The van der Waals surface area contributed by atoms with Crippen molar-refractivity contribution in [3.8, 4) is 5.75 Å². The summed E-state index contributed by atoms with van der Waals surface area (Å²) in [6, 6.07) is 13.8. The average Bonchev–Trinajstić information content (AvgIpc) is 3.18. The van der Waals surface area contributed by atoms with Crippen LogP contribution in [0.15, 0.2) is 52.9 Å². The van der Waals surface area contributed by atoms with E-state index in [-0.39, 0.29) is 17.5 Å². The van der Waals surface area contributed by atoms with Gasteiger partial charge in [-0.05, 0) is 35.4 Å². The number of hydrogen-bond acceptors (Lipinski definition) is 7. The Morgan fingerprint density at radius 3 is 2.75 bits per heavy atom. The van der Waals surface area contributed by atoms with Gasteiger partial charge in [-0.25, -0.2) is 4.39 Å². The smallest absolute Gasteiger partial charge is 0.230 e. The summed E-state index contributed by atoms with van der Waals surface area (Å²) in [6.07, 6.45) is 0. The largest absolute Gasteiger partial charge is 0.497 e. The van der Waals surface area contributed by atoms with E-state index in [0.717, 1.165) is 16.9 Å². The van der Waals surface area contributed by atoms with E-state index in [1.807, 2.05) is 24.3 Å². The first-order chi connectivity index (χ1) is 13.6. The number of nitrogens with zero attached hydrogens (tertiary/aromatic N) is 2. The third-order valence-corrected chi connectivity index (χ3v) is 5.73. The number of amides is 1. The number of hydrogen-bond donors (Lipinski definition) is 2. The van der Waals surface area contributed by atoms with Crippen molar-refractivity contribution in [1.29, 1.82) is 0 Å². The molecule has 0 aliphatic rings. The molecule has 28 heavy (non-hydrogen) atoms. The van der Waals surface area contributed by atoms with Crippen LogP contribution < -0.4 is 15.4 Å². The molecule has 0 unspecified atom stereocenters. The lowest BCUT2D eigenvalue weighted by Crippen LogP contribution is -2.24. The Morgan fingerprint density at radius 1 is 1.14 bits per heavy atom. The molecule has 1 heterocycles. The van der Waals surface area contributed by atoms with Crippen molar-refractivity contribution in [3.63, 3.8) is 0 Å². The zero-order valence-electron chi connectivity index (χ0n) is 15.1. The Bertz CT molecular complexity index is 918. The number of aromatic nitrogens is 2. The van der Waals surface area contributed by atoms with Gasteiger partial charge in [-0.15, -0.1) is 10.2 Å². The van der Waals surface area contributed by atoms with Gasteiger partial charge in [-0.1, -0.05) is 47.4 Å². The topological polar surface area (TPSA) is 76.1 Å². The number of carbonyl (C=O) groups is 1. The van der Waals surface area contributed by atoms with Crippen molar-refractivity contribution in [2.75, 3.05) is 18.2 Å². The minimum Gasteiger partial charge on any atom is -0.497 e. The fourth-order valence-electron chi connectivity index (χ4n) is 2.28. The van der Waals surface area contributed by atoms with Gasteiger partial charge in [0.1, 0.15) is 11.6 Å². The van der Waals surface area contributed by atoms with Crippen molar-refractivity contribution >= 4 is 34.1 Å². The fourth-order valence-corrected chi connectivity index (χ4v) is 3.86. The van der Waals surface area contributed by atoms with Gasteiger partial charge in [0.05, 0.1) is 12.9 Å². The van der Waals surface area contributed by atoms with Crippen LogP contribution in [0, 0.1) is 5.82 Å². The maximum absolute atomic E-state index is 12.9. The van der Waals surface area contributed by atoms with Gasteiger partial charge in [0.15, 0.2) is 4.34 Å². The first-order valence-corrected chi connectivity index (χ1v) is 10.3. The highest BCUT2D eigenvalue weighted by atomic mass is 32.2. The quantitative estimate of drug-likeness (QED) is 0.516. The van der Waals surface area contributed by atoms with E-state index in [2.05, 4.69) is 20.8 Å². The standard InChI is InChI=1S/C19H19FN4O2S2/c1-26-16-4-2-3-14(9-16)11-21-17(25)12-27-19-24-23-18(28-19)22-10-13-5-7-15(20)8-6-13/h2-9H,10-12H2,1H3,(H,21,25)(H,22,23). The van der Waals surface area contributed by atoms with Crippen LogP contribution in [0.3, 0.4) is 0 Å². The van der Waals surface area contributed by atoms with Crippen LogP contribution in [0.5, 0.6) is 5.75 Å². The summed E-state index contributed by atoms with van der Waals surface area (Å²) in [5.74, 6) is 0.679. The molecule has 0 atom stereocenters. The van der Waals surface area contributed by atoms with Gasteiger partial charge < -0.3 is 15.4 Å². The Kier molecular flexibility index (Phi) is 7.21. The Balaban J connectivity index is 1.40. The predicted octanol–water partition coefficient (Wildman–Crippen LogP) is 3.71. The van der Waals surface area contributed by atoms with Gasteiger partial charge in [-0.3, -0.25) is 4.79 Å². The van der Waals surface area contributed by atoms with Crippen molar-refractivity contribution in [2.24, 2.45) is 0 Å². The second-order valence-electron chi connectivity index (χ2n) is 5.77. The van der Waals surface area contributed by atoms with E-state index < -0.39 is 0 Å². The second-order valence-corrected chi connectivity index (χ2v) is 7.97. The summed E-state index contributed by atoms with van der Waals surface area (Å²) in [5.41, 5.74) is 1.92. The molecule has 0 bridgehead atoms. The van der Waals surface area contributed by atoms with Crippen LogP contribution >= 0.6 is 23.1 Å². The lowest BCUT2D eigenvalue weighted by atomic mass is 10.2. The molecule has 0 fully saturated rings. The van der Waals surface area contributed by atoms with Crippen LogP contribution in [-0.2, 0) is 17.9 Å². The van der Waals surface area contributed by atoms with Crippen LogP contribution in [0.1, 0.15) is 11.1 Å². The molecule has 9 heteroatoms. The SMILES string of the molecule is COc1cccc(CNC(=O)CSc2nnc(NCc3ccc(F)cc3)s2)c1. The van der Waals surface area contributed by atoms with Gasteiger partial charge in [-0.2, -0.15) is 0 Å². The number of ether oxygens (including phenoxy) is 1. The summed E-state index contributed by atoms with van der Waals surface area (Å²) in [4.78, 5) is 12.0. The van der Waals surface area contributed by atoms with E-state index in [4.69, 9.17) is 4.74 Å². The van der Waals surface area contributed by atoms with Crippen LogP contribution in [0.25, 0.3) is 0 Å². The number of benzene rings is 2. The molecule has 3 rings (SSSR count). The Morgan fingerprint density at radius 2 is 1.96 bits per heavy atom. The molecule has 3 aromatic rings. The molecule has 146 valence electrons. The number of nitrogens with one attached hydrogen (secondary N) is 2. The van der Waals surface area contributed by atoms with Gasteiger partial charge in [0.25, 0.3) is 0 Å². The summed E-state index contributed by atoms with van der Waals surface area (Å²) in [6.45, 7) is 0.970. The number of methoxy groups -OCH3 is 1. The van der Waals surface area contributed by atoms with Crippen molar-refractivity contribution in [2.45, 2.75) is 17.4 Å². The zero-order valence-corrected chi connectivity index (χ0v) is 16.8. The zero-order chi connectivity index (χ0) is 19.8. The molecule has 0 aliphatic heterocycles. The van der Waals surface area contributed by atoms with Crippen LogP contribution in [0.2, 0.25) is 0 Å². The molecule has 2 N–H and O–H groups in total. The number of halogens is 1. The minimum atomic E-state index is -0.261. The summed E-state index contributed by atoms with van der Waals surface area (Å²) < 4.78 is 18.8. The molecule has 0 radical (unpaired) electrons. The number of rotatable bonds is 9. The van der Waals surface area contributed by atoms with Crippen molar-refractivity contribution < 1.29 is 13.9 Å². The molecule has 2 aromatic carbocycles. The van der Waals surface area contributed by atoms with Gasteiger partial charge >= 0.3 is 0 Å². The molecular formula is C19H19FN4O2S2. The highest BCUT2D eigenvalue weighted by molar-refractivity contribution is 8.01. The average molecular weight is 419 g/mol. The molecular weight excluding hydrogens is 399 g/mol. The molecule has 0 aliphatic carbocycles. The monoisotopic (exact) mass is 418 g/mol. The first-order valence-electron chi connectivity index (χ1n) is 8.46. The maximum atomic E-state index is 12.9. The second kappa shape index (κ2) is 10.0. The van der Waals surface area contributed by atoms with E-state index in [0.29, 0.717) is 22.6 Å². The van der Waals surface area contributed by atoms with Crippen molar-refractivity contribution in [3.05, 3.63) is 65.5 Å². The molecule has 0 saturated heterocycles. The highest BCUT2D eigenvalue weighted by Gasteiger charge is 2.08. The molecule has 1 aromatic heterocycles. The summed E-state index contributed by atoms with van der Waals surface area (Å²) >= 11 is 2.71.